The van der Waals surface area contributed by atoms with Crippen LogP contribution >= 0.6 is 0 Å². The highest BCUT2D eigenvalue weighted by atomic mass is 16.5. The van der Waals surface area contributed by atoms with Crippen molar-refractivity contribution in [2.45, 2.75) is 32.5 Å². The largest absolute Gasteiger partial charge is 0.493 e. The van der Waals surface area contributed by atoms with E-state index in [4.69, 9.17) is 39.4 Å². The first-order valence-corrected chi connectivity index (χ1v) is 13.6. The summed E-state index contributed by atoms with van der Waals surface area (Å²) in [7, 11) is 3.28. The number of carboxylic acid groups (broad SMARTS) is 2. The van der Waals surface area contributed by atoms with Crippen molar-refractivity contribution in [1.29, 1.82) is 0 Å². The molecule has 0 amide bonds. The molecule has 0 fully saturated rings. The summed E-state index contributed by atoms with van der Waals surface area (Å²) in [4.78, 5) is 27.8. The molecule has 2 atom stereocenters. The number of ether oxygens (including phenoxy) is 4. The summed E-state index contributed by atoms with van der Waals surface area (Å²) in [5.74, 6) is 2.22. The molecule has 2 aliphatic heterocycles. The van der Waals surface area contributed by atoms with Gasteiger partial charge in [0.1, 0.15) is 23.9 Å². The van der Waals surface area contributed by atoms with Crippen molar-refractivity contribution in [3.8, 4) is 23.0 Å². The molecule has 2 aliphatic rings. The minimum atomic E-state index is -1.23. The lowest BCUT2D eigenvalue weighted by atomic mass is 10.2. The summed E-state index contributed by atoms with van der Waals surface area (Å²) >= 11 is 0. The van der Waals surface area contributed by atoms with Crippen LogP contribution < -0.4 is 29.6 Å². The third-order valence-electron chi connectivity index (χ3n) is 5.74. The van der Waals surface area contributed by atoms with Crippen molar-refractivity contribution in [3.05, 3.63) is 47.5 Å². The van der Waals surface area contributed by atoms with Crippen molar-refractivity contribution >= 4 is 23.6 Å². The number of aliphatic carboxylic acids is 2. The summed E-state index contributed by atoms with van der Waals surface area (Å²) in [5.41, 5.74) is 2.00. The number of methoxy groups -OCH3 is 2. The molecule has 2 heterocycles. The van der Waals surface area contributed by atoms with E-state index in [2.05, 4.69) is 20.6 Å². The molecule has 0 bridgehead atoms. The van der Waals surface area contributed by atoms with Gasteiger partial charge in [-0.1, -0.05) is 0 Å². The van der Waals surface area contributed by atoms with Crippen molar-refractivity contribution in [2.24, 2.45) is 9.98 Å². The van der Waals surface area contributed by atoms with E-state index >= 15 is 0 Å². The Kier molecular flexibility index (Phi) is 14.6. The maximum Gasteiger partial charge on any atom is 0.332 e. The molecule has 2 unspecified atom stereocenters. The zero-order valence-electron chi connectivity index (χ0n) is 24.7. The van der Waals surface area contributed by atoms with Crippen LogP contribution in [-0.2, 0) is 9.59 Å². The van der Waals surface area contributed by atoms with Crippen LogP contribution in [0.4, 0.5) is 0 Å². The molecule has 43 heavy (non-hydrogen) atoms. The second kappa shape index (κ2) is 18.1. The number of benzene rings is 2. The third kappa shape index (κ3) is 11.7. The Morgan fingerprint density at radius 3 is 1.40 bits per heavy atom. The van der Waals surface area contributed by atoms with Crippen LogP contribution in [0.25, 0.3) is 0 Å². The van der Waals surface area contributed by atoms with Crippen LogP contribution in [0, 0.1) is 0 Å². The monoisotopic (exact) mass is 604 g/mol. The van der Waals surface area contributed by atoms with Crippen LogP contribution in [0.5, 0.6) is 23.0 Å². The first-order chi connectivity index (χ1) is 20.6. The van der Waals surface area contributed by atoms with E-state index in [1.165, 1.54) is 13.8 Å². The van der Waals surface area contributed by atoms with Crippen molar-refractivity contribution in [3.63, 3.8) is 0 Å². The molecule has 2 aromatic rings. The molecule has 236 valence electrons. The molecule has 14 nitrogen and oxygen atoms in total. The smallest absolute Gasteiger partial charge is 0.332 e. The molecule has 0 saturated heterocycles. The molecule has 14 heteroatoms. The van der Waals surface area contributed by atoms with Gasteiger partial charge in [-0.15, -0.1) is 0 Å². The number of aliphatic hydroxyl groups is 2. The van der Waals surface area contributed by atoms with E-state index in [-0.39, 0.29) is 0 Å². The van der Waals surface area contributed by atoms with Gasteiger partial charge in [-0.3, -0.25) is 9.98 Å². The van der Waals surface area contributed by atoms with Gasteiger partial charge in [-0.25, -0.2) is 9.59 Å². The Balaban J connectivity index is 0.000000455. The summed E-state index contributed by atoms with van der Waals surface area (Å²) in [6.07, 6.45) is -1.74. The Labute approximate surface area is 250 Å². The first-order valence-electron chi connectivity index (χ1n) is 13.6. The van der Waals surface area contributed by atoms with Gasteiger partial charge in [0.2, 0.25) is 0 Å². The van der Waals surface area contributed by atoms with Crippen molar-refractivity contribution < 1.29 is 49.0 Å². The lowest BCUT2D eigenvalue weighted by Crippen LogP contribution is -2.19. The van der Waals surface area contributed by atoms with Gasteiger partial charge >= 0.3 is 11.9 Å². The molecule has 2 aromatic carbocycles. The lowest BCUT2D eigenvalue weighted by Gasteiger charge is -2.14. The topological polar surface area (TPSA) is 201 Å². The fraction of sp³-hybridized carbons (Fsp3) is 0.448. The number of amidine groups is 2. The molecular weight excluding hydrogens is 564 g/mol. The molecule has 6 N–H and O–H groups in total. The van der Waals surface area contributed by atoms with E-state index in [1.807, 2.05) is 36.4 Å². The van der Waals surface area contributed by atoms with E-state index < -0.39 is 24.1 Å². The van der Waals surface area contributed by atoms with Crippen LogP contribution in [-0.4, -0.2) is 110 Å². The number of hydrogen-bond donors (Lipinski definition) is 6. The normalized spacial score (nSPS) is 14.6. The summed E-state index contributed by atoms with van der Waals surface area (Å²) in [5, 5.41) is 38.1. The van der Waals surface area contributed by atoms with Gasteiger partial charge in [0.05, 0.1) is 40.5 Å². The van der Waals surface area contributed by atoms with E-state index in [9.17, 15) is 9.59 Å². The minimum absolute atomic E-state index is 0.510. The standard InChI is InChI=1S/C23H28N4O4.2C3H6O3/c1-28-20-14-16(22-24-8-9-25-22)4-6-18(20)30-12-3-13-31-19-7-5-17(15-21(19)29-2)23-26-10-11-27-23;2*1-2(4)3(5)6/h4-7,14-15H,3,8-13H2,1-2H3,(H,24,25)(H,26,27);2*2,4H,1H3,(H,5,6). The zero-order valence-corrected chi connectivity index (χ0v) is 24.7. The van der Waals surface area contributed by atoms with Crippen LogP contribution in [0.15, 0.2) is 46.4 Å². The average molecular weight is 605 g/mol. The molecule has 0 radical (unpaired) electrons. The van der Waals surface area contributed by atoms with Crippen LogP contribution in [0.1, 0.15) is 31.4 Å². The van der Waals surface area contributed by atoms with E-state index in [0.29, 0.717) is 36.2 Å². The fourth-order valence-electron chi connectivity index (χ4n) is 3.47. The Morgan fingerprint density at radius 2 is 1.12 bits per heavy atom. The predicted molar refractivity (Wildman–Crippen MR) is 159 cm³/mol. The highest BCUT2D eigenvalue weighted by molar-refractivity contribution is 6.00. The van der Waals surface area contributed by atoms with Gasteiger partial charge in [-0.2, -0.15) is 0 Å². The molecule has 0 saturated carbocycles. The maximum absolute atomic E-state index is 9.45. The Morgan fingerprint density at radius 1 is 0.744 bits per heavy atom. The lowest BCUT2D eigenvalue weighted by molar-refractivity contribution is -0.146. The Bertz CT molecular complexity index is 1170. The first kappa shape index (κ1) is 34.6. The average Bonchev–Trinajstić information content (AvgIpc) is 3.73. The number of carboxylic acids is 2. The predicted octanol–water partition coefficient (Wildman–Crippen LogP) is 1.15. The van der Waals surface area contributed by atoms with Crippen molar-refractivity contribution in [1.82, 2.24) is 10.6 Å². The zero-order chi connectivity index (χ0) is 31.8. The number of nitrogens with zero attached hydrogens (tertiary/aromatic N) is 2. The van der Waals surface area contributed by atoms with Gasteiger partial charge in [-0.05, 0) is 50.2 Å². The number of aliphatic hydroxyl groups excluding tert-OH is 2. The Hall–Kier alpha value is -4.56. The molecule has 4 rings (SSSR count). The summed E-state index contributed by atoms with van der Waals surface area (Å²) in [6, 6.07) is 11.7. The van der Waals surface area contributed by atoms with Gasteiger partial charge in [0.25, 0.3) is 0 Å². The number of nitrogens with one attached hydrogen (secondary N) is 2. The van der Waals surface area contributed by atoms with Gasteiger partial charge in [0, 0.05) is 30.6 Å². The van der Waals surface area contributed by atoms with E-state index in [1.54, 1.807) is 14.2 Å². The summed E-state index contributed by atoms with van der Waals surface area (Å²) < 4.78 is 22.8. The number of hydrogen-bond acceptors (Lipinski definition) is 12. The summed E-state index contributed by atoms with van der Waals surface area (Å²) in [6.45, 7) is 6.75. The van der Waals surface area contributed by atoms with E-state index in [0.717, 1.165) is 55.4 Å². The van der Waals surface area contributed by atoms with Crippen LogP contribution in [0.3, 0.4) is 0 Å². The second-order valence-electron chi connectivity index (χ2n) is 9.12. The number of rotatable bonds is 12. The fourth-order valence-corrected chi connectivity index (χ4v) is 3.47. The SMILES string of the molecule is CC(O)C(=O)O.CC(O)C(=O)O.COc1cc(C2=NCCN2)ccc1OCCCOc1ccc(C2=NCCN2)cc1OC. The highest BCUT2D eigenvalue weighted by Crippen LogP contribution is 2.30. The van der Waals surface area contributed by atoms with Gasteiger partial charge < -0.3 is 50.0 Å². The highest BCUT2D eigenvalue weighted by Gasteiger charge is 2.14. The maximum atomic E-state index is 9.45. The molecule has 0 spiro atoms. The van der Waals surface area contributed by atoms with Crippen LogP contribution in [0.2, 0.25) is 0 Å². The molecule has 0 aromatic heterocycles. The number of aliphatic imine (C=N–C) groups is 2. The number of carbonyl (C=O) groups is 2. The van der Waals surface area contributed by atoms with Gasteiger partial charge in [0.15, 0.2) is 23.0 Å². The molecular formula is C29H40N4O10. The third-order valence-corrected chi connectivity index (χ3v) is 5.74. The minimum Gasteiger partial charge on any atom is -0.493 e. The molecule has 0 aliphatic carbocycles. The second-order valence-corrected chi connectivity index (χ2v) is 9.12. The quantitative estimate of drug-likeness (QED) is 0.189. The van der Waals surface area contributed by atoms with Crippen molar-refractivity contribution in [2.75, 3.05) is 53.6 Å².